The second kappa shape index (κ2) is 7.72. The number of aliphatic hydroxyl groups is 2. The van der Waals surface area contributed by atoms with Gasteiger partial charge >= 0.3 is 5.97 Å². The highest BCUT2D eigenvalue weighted by atomic mass is 16.5. The van der Waals surface area contributed by atoms with E-state index in [1.54, 1.807) is 6.92 Å². The number of ether oxygens (including phenoxy) is 2. The van der Waals surface area contributed by atoms with Gasteiger partial charge in [0, 0.05) is 6.42 Å². The highest BCUT2D eigenvalue weighted by Gasteiger charge is 2.49. The van der Waals surface area contributed by atoms with Crippen LogP contribution in [0.2, 0.25) is 0 Å². The second-order valence-corrected chi connectivity index (χ2v) is 5.70. The monoisotopic (exact) mass is 303 g/mol. The Bertz CT molecular complexity index is 374. The molecule has 7 heteroatoms. The standard InChI is InChI=1S/C14H25NO6/c1-14(7-5-3-4-6-10(17)20-2)11(13(15)19)12(18)9(16)8-21-14/h9,11-12,16,18H,3-8H2,1-2H3,(H2,15,19)/t9-,11-,12-,14+/m1/s1. The van der Waals surface area contributed by atoms with Crippen LogP contribution < -0.4 is 5.73 Å². The van der Waals surface area contributed by atoms with E-state index in [9.17, 15) is 19.8 Å². The van der Waals surface area contributed by atoms with Gasteiger partial charge in [0.2, 0.25) is 5.91 Å². The Labute approximate surface area is 124 Å². The molecule has 7 nitrogen and oxygen atoms in total. The van der Waals surface area contributed by atoms with E-state index in [1.165, 1.54) is 7.11 Å². The largest absolute Gasteiger partial charge is 0.469 e. The van der Waals surface area contributed by atoms with E-state index < -0.39 is 29.6 Å². The molecule has 0 spiro atoms. The topological polar surface area (TPSA) is 119 Å². The Kier molecular flexibility index (Phi) is 6.57. The van der Waals surface area contributed by atoms with Crippen molar-refractivity contribution < 1.29 is 29.3 Å². The number of primary amides is 1. The van der Waals surface area contributed by atoms with Gasteiger partial charge in [0.1, 0.15) is 6.10 Å². The number of methoxy groups -OCH3 is 1. The summed E-state index contributed by atoms with van der Waals surface area (Å²) in [6.45, 7) is 1.70. The average molecular weight is 303 g/mol. The van der Waals surface area contributed by atoms with Crippen molar-refractivity contribution in [2.45, 2.75) is 56.8 Å². The number of nitrogens with two attached hydrogens (primary N) is 1. The van der Waals surface area contributed by atoms with Crippen LogP contribution in [0.5, 0.6) is 0 Å². The molecule has 0 unspecified atom stereocenters. The highest BCUT2D eigenvalue weighted by Crippen LogP contribution is 2.35. The van der Waals surface area contributed by atoms with Gasteiger partial charge in [0.25, 0.3) is 0 Å². The fourth-order valence-corrected chi connectivity index (χ4v) is 2.77. The number of hydrogen-bond acceptors (Lipinski definition) is 6. The smallest absolute Gasteiger partial charge is 0.305 e. The first-order chi connectivity index (χ1) is 9.81. The van der Waals surface area contributed by atoms with Crippen molar-refractivity contribution >= 4 is 11.9 Å². The molecule has 4 N–H and O–H groups in total. The van der Waals surface area contributed by atoms with Crippen LogP contribution in [0.1, 0.15) is 39.0 Å². The van der Waals surface area contributed by atoms with Gasteiger partial charge in [0.15, 0.2) is 0 Å². The zero-order valence-corrected chi connectivity index (χ0v) is 12.6. The number of esters is 1. The molecule has 0 bridgehead atoms. The quantitative estimate of drug-likeness (QED) is 0.440. The van der Waals surface area contributed by atoms with Crippen LogP contribution in [0.4, 0.5) is 0 Å². The maximum absolute atomic E-state index is 11.6. The summed E-state index contributed by atoms with van der Waals surface area (Å²) in [5, 5.41) is 19.6. The molecular formula is C14H25NO6. The van der Waals surface area contributed by atoms with E-state index in [4.69, 9.17) is 10.5 Å². The molecule has 122 valence electrons. The third-order valence-corrected chi connectivity index (χ3v) is 4.07. The Balaban J connectivity index is 2.50. The van der Waals surface area contributed by atoms with Crippen molar-refractivity contribution in [3.05, 3.63) is 0 Å². The molecule has 0 radical (unpaired) electrons. The fraction of sp³-hybridized carbons (Fsp3) is 0.857. The van der Waals surface area contributed by atoms with Crippen molar-refractivity contribution in [1.29, 1.82) is 0 Å². The van der Waals surface area contributed by atoms with Gasteiger partial charge in [-0.3, -0.25) is 9.59 Å². The lowest BCUT2D eigenvalue weighted by molar-refractivity contribution is -0.206. The number of aliphatic hydroxyl groups excluding tert-OH is 2. The highest BCUT2D eigenvalue weighted by molar-refractivity contribution is 5.78. The van der Waals surface area contributed by atoms with Crippen LogP contribution >= 0.6 is 0 Å². The normalized spacial score (nSPS) is 32.7. The minimum absolute atomic E-state index is 0.0242. The summed E-state index contributed by atoms with van der Waals surface area (Å²) in [6, 6.07) is 0. The molecule has 21 heavy (non-hydrogen) atoms. The van der Waals surface area contributed by atoms with Gasteiger partial charge in [-0.1, -0.05) is 12.8 Å². The minimum atomic E-state index is -1.21. The molecule has 1 amide bonds. The third-order valence-electron chi connectivity index (χ3n) is 4.07. The van der Waals surface area contributed by atoms with Crippen molar-refractivity contribution in [1.82, 2.24) is 0 Å². The first kappa shape index (κ1) is 17.9. The summed E-state index contributed by atoms with van der Waals surface area (Å²) in [4.78, 5) is 22.5. The van der Waals surface area contributed by atoms with Crippen molar-refractivity contribution in [3.8, 4) is 0 Å². The van der Waals surface area contributed by atoms with Crippen LogP contribution in [0.15, 0.2) is 0 Å². The summed E-state index contributed by atoms with van der Waals surface area (Å²) in [6.07, 6.45) is 0.749. The maximum atomic E-state index is 11.6. The van der Waals surface area contributed by atoms with Crippen molar-refractivity contribution in [2.24, 2.45) is 11.7 Å². The fourth-order valence-electron chi connectivity index (χ4n) is 2.77. The first-order valence-electron chi connectivity index (χ1n) is 7.18. The second-order valence-electron chi connectivity index (χ2n) is 5.70. The predicted octanol–water partition coefficient (Wildman–Crippen LogP) is -0.278. The van der Waals surface area contributed by atoms with E-state index in [0.717, 1.165) is 12.8 Å². The Morgan fingerprint density at radius 3 is 2.57 bits per heavy atom. The molecule has 0 aliphatic carbocycles. The van der Waals surface area contributed by atoms with E-state index >= 15 is 0 Å². The SMILES string of the molecule is COC(=O)CCCCC[C@]1(C)OC[C@@H](O)[C@@H](O)[C@@H]1C(N)=O. The molecule has 0 aromatic carbocycles. The number of carbonyl (C=O) groups is 2. The van der Waals surface area contributed by atoms with Crippen LogP contribution in [-0.4, -0.2) is 53.6 Å². The van der Waals surface area contributed by atoms with Gasteiger partial charge in [-0.25, -0.2) is 0 Å². The van der Waals surface area contributed by atoms with Crippen molar-refractivity contribution in [2.75, 3.05) is 13.7 Å². The van der Waals surface area contributed by atoms with E-state index in [0.29, 0.717) is 19.3 Å². The lowest BCUT2D eigenvalue weighted by Crippen LogP contribution is -2.60. The van der Waals surface area contributed by atoms with Gasteiger partial charge in [-0.2, -0.15) is 0 Å². The number of carbonyl (C=O) groups excluding carboxylic acids is 2. The van der Waals surface area contributed by atoms with Gasteiger partial charge < -0.3 is 25.4 Å². The molecule has 4 atom stereocenters. The number of rotatable bonds is 7. The van der Waals surface area contributed by atoms with Crippen LogP contribution in [0, 0.1) is 5.92 Å². The summed E-state index contributed by atoms with van der Waals surface area (Å²) in [5.41, 5.74) is 4.44. The zero-order valence-electron chi connectivity index (χ0n) is 12.6. The maximum Gasteiger partial charge on any atom is 0.305 e. The van der Waals surface area contributed by atoms with E-state index in [2.05, 4.69) is 4.74 Å². The first-order valence-corrected chi connectivity index (χ1v) is 7.18. The molecule has 0 saturated carbocycles. The lowest BCUT2D eigenvalue weighted by Gasteiger charge is -2.44. The van der Waals surface area contributed by atoms with E-state index in [1.807, 2.05) is 0 Å². The average Bonchev–Trinajstić information content (AvgIpc) is 2.42. The molecule has 1 rings (SSSR count). The molecule has 0 aromatic rings. The molecule has 1 saturated heterocycles. The molecule has 1 heterocycles. The van der Waals surface area contributed by atoms with E-state index in [-0.39, 0.29) is 12.6 Å². The Hall–Kier alpha value is -1.18. The van der Waals surface area contributed by atoms with Gasteiger partial charge in [0.05, 0.1) is 31.3 Å². The number of amides is 1. The Morgan fingerprint density at radius 2 is 2.00 bits per heavy atom. The summed E-state index contributed by atoms with van der Waals surface area (Å²) in [7, 11) is 1.35. The molecule has 1 fully saturated rings. The van der Waals surface area contributed by atoms with Crippen LogP contribution in [0.25, 0.3) is 0 Å². The van der Waals surface area contributed by atoms with Gasteiger partial charge in [-0.05, 0) is 19.8 Å². The molecule has 1 aliphatic rings. The zero-order chi connectivity index (χ0) is 16.0. The van der Waals surface area contributed by atoms with Crippen LogP contribution in [0.3, 0.4) is 0 Å². The van der Waals surface area contributed by atoms with Crippen molar-refractivity contribution in [3.63, 3.8) is 0 Å². The summed E-state index contributed by atoms with van der Waals surface area (Å²) < 4.78 is 10.1. The van der Waals surface area contributed by atoms with Crippen LogP contribution in [-0.2, 0) is 19.1 Å². The number of unbranched alkanes of at least 4 members (excludes halogenated alkanes) is 2. The Morgan fingerprint density at radius 1 is 1.33 bits per heavy atom. The van der Waals surface area contributed by atoms with Gasteiger partial charge in [-0.15, -0.1) is 0 Å². The molecule has 1 aliphatic heterocycles. The molecular weight excluding hydrogens is 278 g/mol. The molecule has 0 aromatic heterocycles. The third kappa shape index (κ3) is 4.66. The summed E-state index contributed by atoms with van der Waals surface area (Å²) >= 11 is 0. The minimum Gasteiger partial charge on any atom is -0.469 e. The number of hydrogen-bond donors (Lipinski definition) is 3. The lowest BCUT2D eigenvalue weighted by atomic mass is 9.76. The predicted molar refractivity (Wildman–Crippen MR) is 74.2 cm³/mol. The summed E-state index contributed by atoms with van der Waals surface area (Å²) in [5.74, 6) is -1.87.